The van der Waals surface area contributed by atoms with Crippen molar-refractivity contribution in [1.29, 1.82) is 0 Å². The van der Waals surface area contributed by atoms with Crippen LogP contribution in [0, 0.1) is 5.41 Å². The molecule has 1 aromatic carbocycles. The Hall–Kier alpha value is -1.43. The van der Waals surface area contributed by atoms with Crippen molar-refractivity contribution in [3.63, 3.8) is 0 Å². The maximum atomic E-state index is 4.44. The van der Waals surface area contributed by atoms with Gasteiger partial charge in [0.15, 0.2) is 0 Å². The number of rotatable bonds is 5. The monoisotopic (exact) mass is 349 g/mol. The number of aromatic amines is 1. The third kappa shape index (κ3) is 4.05. The Kier molecular flexibility index (Phi) is 5.19. The Morgan fingerprint density at radius 2 is 2.04 bits per heavy atom. The molecule has 1 aliphatic carbocycles. The van der Waals surface area contributed by atoms with Gasteiger partial charge in [-0.25, -0.2) is 0 Å². The predicted octanol–water partition coefficient (Wildman–Crippen LogP) is 5.02. The molecule has 2 N–H and O–H groups in total. The normalized spacial score (nSPS) is 17.2. The summed E-state index contributed by atoms with van der Waals surface area (Å²) in [5.41, 5.74) is 6.66. The Morgan fingerprint density at radius 1 is 1.28 bits per heavy atom. The molecule has 0 fully saturated rings. The van der Waals surface area contributed by atoms with Crippen molar-refractivity contribution >= 4 is 36.1 Å². The molecule has 0 spiro atoms. The summed E-state index contributed by atoms with van der Waals surface area (Å²) < 4.78 is 2.24. The molecule has 131 valence electrons. The minimum absolute atomic E-state index is 0.340. The number of benzene rings is 1. The SMILES string of the molecule is C=C(C1=C(NC)CC(C)(C)CC1)c1cc2cc[c]([Al][CH](C)C)cc2[nH]1. The minimum Gasteiger partial charge on any atom is -0.391 e. The highest BCUT2D eigenvalue weighted by molar-refractivity contribution is 6.55. The Morgan fingerprint density at radius 3 is 2.72 bits per heavy atom. The van der Waals surface area contributed by atoms with Gasteiger partial charge in [0.1, 0.15) is 0 Å². The van der Waals surface area contributed by atoms with Gasteiger partial charge in [-0.05, 0) is 47.3 Å². The topological polar surface area (TPSA) is 27.8 Å². The van der Waals surface area contributed by atoms with Crippen LogP contribution in [0.3, 0.4) is 0 Å². The summed E-state index contributed by atoms with van der Waals surface area (Å²) in [6, 6.07) is 9.13. The van der Waals surface area contributed by atoms with Gasteiger partial charge in [0.2, 0.25) is 0 Å². The van der Waals surface area contributed by atoms with Gasteiger partial charge in [0.05, 0.1) is 0 Å². The zero-order valence-corrected chi connectivity index (χ0v) is 17.4. The van der Waals surface area contributed by atoms with Crippen LogP contribution in [0.15, 0.2) is 42.1 Å². The average Bonchev–Trinajstić information content (AvgIpc) is 2.96. The maximum Gasteiger partial charge on any atom is 0.253 e. The first-order valence-electron chi connectivity index (χ1n) is 9.36. The lowest BCUT2D eigenvalue weighted by molar-refractivity contribution is 0.309. The van der Waals surface area contributed by atoms with Crippen LogP contribution < -0.4 is 9.74 Å². The second-order valence-electron chi connectivity index (χ2n) is 8.47. The van der Waals surface area contributed by atoms with Gasteiger partial charge in [-0.3, -0.25) is 0 Å². The molecular weight excluding hydrogens is 319 g/mol. The van der Waals surface area contributed by atoms with Crippen LogP contribution in [0.2, 0.25) is 4.78 Å². The van der Waals surface area contributed by atoms with Crippen LogP contribution in [0.25, 0.3) is 16.5 Å². The smallest absolute Gasteiger partial charge is 0.253 e. The lowest BCUT2D eigenvalue weighted by atomic mass is 9.75. The molecule has 1 radical (unpaired) electrons. The molecule has 2 aromatic rings. The molecule has 1 aromatic heterocycles. The summed E-state index contributed by atoms with van der Waals surface area (Å²) in [4.78, 5) is 3.62. The number of nitrogens with one attached hydrogen (secondary N) is 2. The van der Waals surface area contributed by atoms with Gasteiger partial charge in [-0.15, -0.1) is 4.43 Å². The average molecular weight is 349 g/mol. The van der Waals surface area contributed by atoms with Crippen molar-refractivity contribution in [2.75, 3.05) is 7.05 Å². The fraction of sp³-hybridized carbons (Fsp3) is 0.455. The van der Waals surface area contributed by atoms with E-state index >= 15 is 0 Å². The van der Waals surface area contributed by atoms with E-state index in [4.69, 9.17) is 0 Å². The van der Waals surface area contributed by atoms with E-state index in [9.17, 15) is 0 Å². The Bertz CT molecular complexity index is 824. The van der Waals surface area contributed by atoms with E-state index in [1.807, 2.05) is 7.05 Å². The summed E-state index contributed by atoms with van der Waals surface area (Å²) in [5, 5.41) is 4.72. The Balaban J connectivity index is 1.93. The van der Waals surface area contributed by atoms with Crippen LogP contribution >= 0.6 is 0 Å². The standard InChI is InChI=1S/C19H23N2.C3H7.Al/c1-13(15-9-10-19(2,3)12-18(15)20-4)17-11-14-7-5-6-8-16(14)21-17;1-3-2;/h5,7-8,11,20-21H,1,9-10,12H2,2-4H3;3H,1-2H3;. The molecule has 25 heavy (non-hydrogen) atoms. The van der Waals surface area contributed by atoms with E-state index in [1.54, 1.807) is 0 Å². The quantitative estimate of drug-likeness (QED) is 0.729. The maximum absolute atomic E-state index is 4.44. The van der Waals surface area contributed by atoms with Gasteiger partial charge in [0, 0.05) is 24.0 Å². The molecule has 0 saturated carbocycles. The number of allylic oxidation sites excluding steroid dienone is 3. The molecule has 1 heterocycles. The van der Waals surface area contributed by atoms with E-state index in [1.165, 1.54) is 33.0 Å². The molecule has 0 amide bonds. The van der Waals surface area contributed by atoms with Crippen molar-refractivity contribution < 1.29 is 0 Å². The molecule has 0 atom stereocenters. The molecule has 0 unspecified atom stereocenters. The molecular formula is C22H30AlN2. The highest BCUT2D eigenvalue weighted by Gasteiger charge is 2.28. The number of fused-ring (bicyclic) bond motifs is 1. The number of aromatic nitrogens is 1. The van der Waals surface area contributed by atoms with Crippen LogP contribution in [0.5, 0.6) is 0 Å². The number of H-pyrrole nitrogens is 1. The lowest BCUT2D eigenvalue weighted by Gasteiger charge is -2.33. The van der Waals surface area contributed by atoms with Crippen molar-refractivity contribution in [2.45, 2.75) is 51.7 Å². The molecule has 1 aliphatic rings. The summed E-state index contributed by atoms with van der Waals surface area (Å²) in [6.45, 7) is 13.7. The molecule has 0 bridgehead atoms. The van der Waals surface area contributed by atoms with Crippen molar-refractivity contribution in [2.24, 2.45) is 5.41 Å². The van der Waals surface area contributed by atoms with Crippen LogP contribution in [-0.2, 0) is 0 Å². The summed E-state index contributed by atoms with van der Waals surface area (Å²) >= 11 is 0.340. The van der Waals surface area contributed by atoms with E-state index in [0.717, 1.165) is 28.9 Å². The van der Waals surface area contributed by atoms with Gasteiger partial charge >= 0.3 is 0 Å². The lowest BCUT2D eigenvalue weighted by Crippen LogP contribution is -2.24. The van der Waals surface area contributed by atoms with Crippen molar-refractivity contribution in [3.05, 3.63) is 47.8 Å². The molecule has 3 rings (SSSR count). The number of hydrogen-bond donors (Lipinski definition) is 2. The van der Waals surface area contributed by atoms with E-state index < -0.39 is 0 Å². The van der Waals surface area contributed by atoms with E-state index in [0.29, 0.717) is 20.6 Å². The van der Waals surface area contributed by atoms with Gasteiger partial charge in [-0.1, -0.05) is 57.3 Å². The zero-order chi connectivity index (χ0) is 18.2. The Labute approximate surface area is 158 Å². The molecule has 3 heteroatoms. The third-order valence-electron chi connectivity index (χ3n) is 5.23. The number of hydrogen-bond acceptors (Lipinski definition) is 1. The van der Waals surface area contributed by atoms with E-state index in [-0.39, 0.29) is 0 Å². The van der Waals surface area contributed by atoms with E-state index in [2.05, 4.69) is 68.8 Å². The zero-order valence-electron chi connectivity index (χ0n) is 16.3. The second kappa shape index (κ2) is 7.06. The first-order valence-corrected chi connectivity index (χ1v) is 10.6. The second-order valence-corrected chi connectivity index (χ2v) is 10.8. The fourth-order valence-corrected chi connectivity index (χ4v) is 5.06. The summed E-state index contributed by atoms with van der Waals surface area (Å²) in [7, 11) is 2.04. The molecule has 0 aliphatic heterocycles. The first-order chi connectivity index (χ1) is 11.8. The van der Waals surface area contributed by atoms with Gasteiger partial charge in [-0.2, -0.15) is 0 Å². The molecule has 2 nitrogen and oxygen atoms in total. The summed E-state index contributed by atoms with van der Waals surface area (Å²) in [5.74, 6) is 0. The van der Waals surface area contributed by atoms with Gasteiger partial charge in [0.25, 0.3) is 15.2 Å². The highest BCUT2D eigenvalue weighted by atomic mass is 27.1. The predicted molar refractivity (Wildman–Crippen MR) is 112 cm³/mol. The third-order valence-corrected chi connectivity index (χ3v) is 6.65. The van der Waals surface area contributed by atoms with Crippen LogP contribution in [-0.4, -0.2) is 27.3 Å². The fourth-order valence-electron chi connectivity index (χ4n) is 3.82. The summed E-state index contributed by atoms with van der Waals surface area (Å²) in [6.07, 6.45) is 3.41. The van der Waals surface area contributed by atoms with Crippen LogP contribution in [0.4, 0.5) is 0 Å². The highest BCUT2D eigenvalue weighted by Crippen LogP contribution is 2.41. The van der Waals surface area contributed by atoms with Crippen LogP contribution in [0.1, 0.15) is 52.7 Å². The minimum atomic E-state index is 0.340. The first kappa shape index (κ1) is 18.4. The van der Waals surface area contributed by atoms with Crippen molar-refractivity contribution in [3.8, 4) is 0 Å². The largest absolute Gasteiger partial charge is 0.391 e. The van der Waals surface area contributed by atoms with Gasteiger partial charge < -0.3 is 10.3 Å². The van der Waals surface area contributed by atoms with Crippen molar-refractivity contribution in [1.82, 2.24) is 10.3 Å². The molecule has 0 saturated heterocycles.